The third-order valence-electron chi connectivity index (χ3n) is 3.96. The Labute approximate surface area is 152 Å². The molecule has 0 aliphatic heterocycles. The maximum atomic E-state index is 12.4. The number of rotatable bonds is 6. The van der Waals surface area contributed by atoms with Gasteiger partial charge in [-0.05, 0) is 44.5 Å². The zero-order valence-corrected chi connectivity index (χ0v) is 15.2. The Morgan fingerprint density at radius 1 is 1.27 bits per heavy atom. The SMILES string of the molecule is C=CCc1cc(-c2nc3ccccc3c(=O)[nH]2)cc(OC)c1OC(C)C. The maximum absolute atomic E-state index is 12.4. The van der Waals surface area contributed by atoms with Gasteiger partial charge < -0.3 is 14.5 Å². The maximum Gasteiger partial charge on any atom is 0.259 e. The molecule has 1 N–H and O–H groups in total. The lowest BCUT2D eigenvalue weighted by Gasteiger charge is -2.18. The molecule has 0 atom stereocenters. The number of aromatic nitrogens is 2. The predicted octanol–water partition coefficient (Wildman–Crippen LogP) is 4.11. The number of allylic oxidation sites excluding steroid dienone is 1. The molecule has 0 aliphatic carbocycles. The van der Waals surface area contributed by atoms with Crippen molar-refractivity contribution >= 4 is 10.9 Å². The normalized spacial score (nSPS) is 10.9. The van der Waals surface area contributed by atoms with Crippen LogP contribution in [0.2, 0.25) is 0 Å². The average Bonchev–Trinajstić information content (AvgIpc) is 2.62. The first-order valence-electron chi connectivity index (χ1n) is 8.51. The van der Waals surface area contributed by atoms with Gasteiger partial charge in [0.1, 0.15) is 5.82 Å². The summed E-state index contributed by atoms with van der Waals surface area (Å²) in [6, 6.07) is 11.1. The highest BCUT2D eigenvalue weighted by molar-refractivity contribution is 5.79. The molecule has 0 amide bonds. The molecule has 1 heterocycles. The van der Waals surface area contributed by atoms with Crippen molar-refractivity contribution in [1.29, 1.82) is 0 Å². The molecule has 134 valence electrons. The van der Waals surface area contributed by atoms with E-state index in [0.717, 1.165) is 11.1 Å². The molecular formula is C21H22N2O3. The summed E-state index contributed by atoms with van der Waals surface area (Å²) in [5, 5.41) is 0.564. The number of fused-ring (bicyclic) bond motifs is 1. The van der Waals surface area contributed by atoms with Crippen molar-refractivity contribution in [3.63, 3.8) is 0 Å². The molecule has 3 aromatic rings. The van der Waals surface area contributed by atoms with Crippen molar-refractivity contribution in [2.45, 2.75) is 26.4 Å². The lowest BCUT2D eigenvalue weighted by Crippen LogP contribution is -2.11. The van der Waals surface area contributed by atoms with E-state index in [1.807, 2.05) is 50.3 Å². The quantitative estimate of drug-likeness (QED) is 0.680. The number of H-pyrrole nitrogens is 1. The van der Waals surface area contributed by atoms with Gasteiger partial charge in [-0.1, -0.05) is 18.2 Å². The van der Waals surface area contributed by atoms with E-state index in [4.69, 9.17) is 9.47 Å². The average molecular weight is 350 g/mol. The number of hydrogen-bond acceptors (Lipinski definition) is 4. The minimum Gasteiger partial charge on any atom is -0.493 e. The first-order chi connectivity index (χ1) is 12.5. The zero-order valence-electron chi connectivity index (χ0n) is 15.2. The Morgan fingerprint density at radius 2 is 2.04 bits per heavy atom. The third kappa shape index (κ3) is 3.47. The van der Waals surface area contributed by atoms with E-state index < -0.39 is 0 Å². The van der Waals surface area contributed by atoms with Crippen LogP contribution in [0.4, 0.5) is 0 Å². The van der Waals surface area contributed by atoms with E-state index in [0.29, 0.717) is 34.6 Å². The molecule has 1 aromatic heterocycles. The number of nitrogens with zero attached hydrogens (tertiary/aromatic N) is 1. The highest BCUT2D eigenvalue weighted by atomic mass is 16.5. The Bertz CT molecular complexity index is 1010. The third-order valence-corrected chi connectivity index (χ3v) is 3.96. The molecule has 0 aliphatic rings. The van der Waals surface area contributed by atoms with Crippen LogP contribution < -0.4 is 15.0 Å². The Balaban J connectivity index is 2.20. The molecule has 26 heavy (non-hydrogen) atoms. The van der Waals surface area contributed by atoms with Crippen LogP contribution in [-0.4, -0.2) is 23.2 Å². The van der Waals surface area contributed by atoms with Crippen LogP contribution in [0.3, 0.4) is 0 Å². The fourth-order valence-electron chi connectivity index (χ4n) is 2.85. The molecule has 0 unspecified atom stereocenters. The zero-order chi connectivity index (χ0) is 18.7. The van der Waals surface area contributed by atoms with Crippen LogP contribution >= 0.6 is 0 Å². The van der Waals surface area contributed by atoms with Crippen molar-refractivity contribution in [2.75, 3.05) is 7.11 Å². The number of aromatic amines is 1. The van der Waals surface area contributed by atoms with E-state index in [2.05, 4.69) is 16.5 Å². The van der Waals surface area contributed by atoms with Gasteiger partial charge in [-0.3, -0.25) is 4.79 Å². The lowest BCUT2D eigenvalue weighted by molar-refractivity contribution is 0.228. The topological polar surface area (TPSA) is 64.2 Å². The Hall–Kier alpha value is -3.08. The number of methoxy groups -OCH3 is 1. The van der Waals surface area contributed by atoms with E-state index in [-0.39, 0.29) is 11.7 Å². The number of ether oxygens (including phenoxy) is 2. The summed E-state index contributed by atoms with van der Waals surface area (Å²) >= 11 is 0. The fourth-order valence-corrected chi connectivity index (χ4v) is 2.85. The van der Waals surface area contributed by atoms with Gasteiger partial charge in [-0.25, -0.2) is 4.98 Å². The van der Waals surface area contributed by atoms with E-state index in [9.17, 15) is 4.79 Å². The monoisotopic (exact) mass is 350 g/mol. The Morgan fingerprint density at radius 3 is 2.73 bits per heavy atom. The van der Waals surface area contributed by atoms with E-state index in [1.165, 1.54) is 0 Å². The van der Waals surface area contributed by atoms with E-state index in [1.54, 1.807) is 13.2 Å². The smallest absolute Gasteiger partial charge is 0.259 e. The largest absolute Gasteiger partial charge is 0.493 e. The molecule has 0 saturated heterocycles. The van der Waals surface area contributed by atoms with Crippen LogP contribution in [0.25, 0.3) is 22.3 Å². The molecule has 0 spiro atoms. The summed E-state index contributed by atoms with van der Waals surface area (Å²) in [4.78, 5) is 19.8. The van der Waals surface area contributed by atoms with Crippen molar-refractivity contribution in [3.05, 3.63) is 65.0 Å². The van der Waals surface area contributed by atoms with Crippen molar-refractivity contribution in [3.8, 4) is 22.9 Å². The van der Waals surface area contributed by atoms with Crippen LogP contribution in [0.15, 0.2) is 53.8 Å². The first-order valence-corrected chi connectivity index (χ1v) is 8.51. The number of nitrogens with one attached hydrogen (secondary N) is 1. The number of benzene rings is 2. The van der Waals surface area contributed by atoms with Gasteiger partial charge in [0.15, 0.2) is 11.5 Å². The minimum atomic E-state index is -0.169. The van der Waals surface area contributed by atoms with Crippen LogP contribution in [0.5, 0.6) is 11.5 Å². The van der Waals surface area contributed by atoms with Gasteiger partial charge in [-0.2, -0.15) is 0 Å². The fraction of sp³-hybridized carbons (Fsp3) is 0.238. The van der Waals surface area contributed by atoms with E-state index >= 15 is 0 Å². The van der Waals surface area contributed by atoms with Gasteiger partial charge in [-0.15, -0.1) is 6.58 Å². The highest BCUT2D eigenvalue weighted by Crippen LogP contribution is 2.37. The molecule has 5 nitrogen and oxygen atoms in total. The predicted molar refractivity (Wildman–Crippen MR) is 104 cm³/mol. The Kier molecular flexibility index (Phi) is 5.07. The van der Waals surface area contributed by atoms with Crippen molar-refractivity contribution < 1.29 is 9.47 Å². The molecule has 3 rings (SSSR count). The van der Waals surface area contributed by atoms with Crippen LogP contribution in [-0.2, 0) is 6.42 Å². The second-order valence-electron chi connectivity index (χ2n) is 6.26. The summed E-state index contributed by atoms with van der Waals surface area (Å²) in [5.41, 5.74) is 2.17. The van der Waals surface area contributed by atoms with Crippen LogP contribution in [0, 0.1) is 0 Å². The van der Waals surface area contributed by atoms with Crippen molar-refractivity contribution in [2.24, 2.45) is 0 Å². The summed E-state index contributed by atoms with van der Waals surface area (Å²) in [7, 11) is 1.60. The second-order valence-corrected chi connectivity index (χ2v) is 6.26. The van der Waals surface area contributed by atoms with Gasteiger partial charge >= 0.3 is 0 Å². The molecule has 0 fully saturated rings. The summed E-state index contributed by atoms with van der Waals surface area (Å²) in [6.45, 7) is 7.75. The van der Waals surface area contributed by atoms with Gasteiger partial charge in [0, 0.05) is 11.1 Å². The molecular weight excluding hydrogens is 328 g/mol. The molecule has 0 radical (unpaired) electrons. The summed E-state index contributed by atoms with van der Waals surface area (Å²) < 4.78 is 11.5. The molecule has 2 aromatic carbocycles. The lowest BCUT2D eigenvalue weighted by atomic mass is 10.0. The second kappa shape index (κ2) is 7.44. The highest BCUT2D eigenvalue weighted by Gasteiger charge is 2.16. The van der Waals surface area contributed by atoms with Gasteiger partial charge in [0.05, 0.1) is 24.1 Å². The standard InChI is InChI=1S/C21H22N2O3/c1-5-8-14-11-15(12-18(25-4)19(14)26-13(2)3)20-22-17-10-7-6-9-16(17)21(24)23-20/h5-7,9-13H,1,8H2,2-4H3,(H,22,23,24). The molecule has 0 saturated carbocycles. The first kappa shape index (κ1) is 17.7. The van der Waals surface area contributed by atoms with Gasteiger partial charge in [0.2, 0.25) is 0 Å². The number of para-hydroxylation sites is 1. The minimum absolute atomic E-state index is 0.0110. The van der Waals surface area contributed by atoms with Crippen LogP contribution in [0.1, 0.15) is 19.4 Å². The molecule has 0 bridgehead atoms. The summed E-state index contributed by atoms with van der Waals surface area (Å²) in [5.74, 6) is 1.78. The number of hydrogen-bond donors (Lipinski definition) is 1. The van der Waals surface area contributed by atoms with Gasteiger partial charge in [0.25, 0.3) is 5.56 Å². The summed E-state index contributed by atoms with van der Waals surface area (Å²) in [6.07, 6.45) is 2.43. The van der Waals surface area contributed by atoms with Crippen molar-refractivity contribution in [1.82, 2.24) is 9.97 Å². The molecule has 5 heteroatoms.